The fraction of sp³-hybridized carbons (Fsp3) is 0.0488. The minimum Gasteiger partial charge on any atom is -0.308 e. The summed E-state index contributed by atoms with van der Waals surface area (Å²) in [6, 6.07) is 46.2. The van der Waals surface area contributed by atoms with Gasteiger partial charge in [0.1, 0.15) is 0 Å². The Morgan fingerprint density at radius 2 is 1.23 bits per heavy atom. The van der Waals surface area contributed by atoms with Gasteiger partial charge in [-0.25, -0.2) is 0 Å². The molecule has 0 bridgehead atoms. The van der Waals surface area contributed by atoms with Gasteiger partial charge in [0, 0.05) is 33.1 Å². The van der Waals surface area contributed by atoms with Crippen LogP contribution in [0.1, 0.15) is 24.0 Å². The SMILES string of the molecule is C1=C(c2ccccc2)C=C(c2c3ccccc3c(-n3c4ccccc4c4c5ncccc5ccc43)c3ccccc23)CC1. The van der Waals surface area contributed by atoms with E-state index < -0.39 is 0 Å². The third-order valence-electron chi connectivity index (χ3n) is 9.07. The molecule has 0 saturated heterocycles. The van der Waals surface area contributed by atoms with E-state index in [1.54, 1.807) is 0 Å². The van der Waals surface area contributed by atoms with E-state index in [1.807, 2.05) is 12.3 Å². The monoisotopic (exact) mass is 548 g/mol. The van der Waals surface area contributed by atoms with Crippen LogP contribution in [0.25, 0.3) is 71.1 Å². The smallest absolute Gasteiger partial charge is 0.0802 e. The molecule has 2 heterocycles. The highest BCUT2D eigenvalue weighted by Gasteiger charge is 2.22. The Bertz CT molecular complexity index is 2380. The first-order chi connectivity index (χ1) is 21.4. The van der Waals surface area contributed by atoms with Crippen molar-refractivity contribution in [2.45, 2.75) is 12.8 Å². The Kier molecular flexibility index (Phi) is 5.36. The van der Waals surface area contributed by atoms with E-state index in [9.17, 15) is 0 Å². The lowest BCUT2D eigenvalue weighted by atomic mass is 9.85. The normalized spacial score (nSPS) is 13.7. The number of pyridine rings is 1. The van der Waals surface area contributed by atoms with Gasteiger partial charge in [-0.15, -0.1) is 0 Å². The Morgan fingerprint density at radius 1 is 0.558 bits per heavy atom. The van der Waals surface area contributed by atoms with E-state index in [0.717, 1.165) is 23.7 Å². The molecule has 0 atom stereocenters. The lowest BCUT2D eigenvalue weighted by Crippen LogP contribution is -2.01. The predicted molar refractivity (Wildman–Crippen MR) is 183 cm³/mol. The van der Waals surface area contributed by atoms with E-state index in [4.69, 9.17) is 4.98 Å². The van der Waals surface area contributed by atoms with Crippen LogP contribution < -0.4 is 0 Å². The van der Waals surface area contributed by atoms with E-state index >= 15 is 0 Å². The Hall–Kier alpha value is -5.47. The van der Waals surface area contributed by atoms with Crippen molar-refractivity contribution in [2.75, 3.05) is 0 Å². The number of nitrogens with zero attached hydrogens (tertiary/aromatic N) is 2. The fourth-order valence-corrected chi connectivity index (χ4v) is 7.26. The standard InChI is InChI=1S/C41H28N2/c1-2-12-27(13-3-1)29-14-10-15-30(26-29)38-31-17-4-6-19-33(31)41(34-20-7-5-18-32(34)38)43-36-22-9-8-21-35(36)39-37(43)24-23-28-16-11-25-42-40(28)39/h1-9,11-14,16-26H,10,15H2. The molecule has 1 aliphatic carbocycles. The molecule has 8 aromatic rings. The minimum absolute atomic E-state index is 1.02. The largest absolute Gasteiger partial charge is 0.308 e. The molecular weight excluding hydrogens is 520 g/mol. The highest BCUT2D eigenvalue weighted by molar-refractivity contribution is 6.23. The van der Waals surface area contributed by atoms with Crippen LogP contribution in [-0.4, -0.2) is 9.55 Å². The maximum Gasteiger partial charge on any atom is 0.0802 e. The number of hydrogen-bond acceptors (Lipinski definition) is 1. The molecule has 0 spiro atoms. The molecule has 0 unspecified atom stereocenters. The molecule has 0 amide bonds. The molecule has 202 valence electrons. The van der Waals surface area contributed by atoms with Crippen LogP contribution in [0, 0.1) is 0 Å². The van der Waals surface area contributed by atoms with E-state index in [-0.39, 0.29) is 0 Å². The van der Waals surface area contributed by atoms with Crippen molar-refractivity contribution < 1.29 is 0 Å². The maximum atomic E-state index is 4.87. The highest BCUT2D eigenvalue weighted by atomic mass is 15.0. The van der Waals surface area contributed by atoms with Gasteiger partial charge in [0.15, 0.2) is 0 Å². The first kappa shape index (κ1) is 24.2. The van der Waals surface area contributed by atoms with Gasteiger partial charge in [-0.05, 0) is 64.1 Å². The van der Waals surface area contributed by atoms with Crippen molar-refractivity contribution in [3.05, 3.63) is 157 Å². The molecule has 2 nitrogen and oxygen atoms in total. The van der Waals surface area contributed by atoms with Gasteiger partial charge in [0.25, 0.3) is 0 Å². The Labute approximate surface area is 249 Å². The first-order valence-electron chi connectivity index (χ1n) is 15.0. The van der Waals surface area contributed by atoms with E-state index in [2.05, 4.69) is 138 Å². The van der Waals surface area contributed by atoms with Crippen molar-refractivity contribution in [2.24, 2.45) is 0 Å². The second-order valence-electron chi connectivity index (χ2n) is 11.4. The molecule has 0 fully saturated rings. The number of rotatable bonds is 3. The Balaban J connectivity index is 1.41. The zero-order valence-electron chi connectivity index (χ0n) is 23.7. The third kappa shape index (κ3) is 3.63. The number of fused-ring (bicyclic) bond motifs is 7. The molecule has 2 aromatic heterocycles. The minimum atomic E-state index is 1.02. The van der Waals surface area contributed by atoms with Crippen LogP contribution in [0.5, 0.6) is 0 Å². The van der Waals surface area contributed by atoms with Gasteiger partial charge in [0.2, 0.25) is 0 Å². The summed E-state index contributed by atoms with van der Waals surface area (Å²) in [4.78, 5) is 4.87. The van der Waals surface area contributed by atoms with Gasteiger partial charge >= 0.3 is 0 Å². The maximum absolute atomic E-state index is 4.87. The second-order valence-corrected chi connectivity index (χ2v) is 11.4. The van der Waals surface area contributed by atoms with Crippen LogP contribution >= 0.6 is 0 Å². The van der Waals surface area contributed by atoms with Gasteiger partial charge < -0.3 is 4.57 Å². The van der Waals surface area contributed by atoms with Gasteiger partial charge in [0.05, 0.1) is 22.2 Å². The first-order valence-corrected chi connectivity index (χ1v) is 15.0. The number of aromatic nitrogens is 2. The summed E-state index contributed by atoms with van der Waals surface area (Å²) in [5.74, 6) is 0. The summed E-state index contributed by atoms with van der Waals surface area (Å²) in [5.41, 5.74) is 9.99. The molecule has 0 N–H and O–H groups in total. The lowest BCUT2D eigenvalue weighted by Gasteiger charge is -2.22. The summed E-state index contributed by atoms with van der Waals surface area (Å²) in [7, 11) is 0. The predicted octanol–water partition coefficient (Wildman–Crippen LogP) is 10.9. The van der Waals surface area contributed by atoms with Crippen molar-refractivity contribution in [3.8, 4) is 5.69 Å². The molecule has 9 rings (SSSR count). The second kappa shape index (κ2) is 9.54. The van der Waals surface area contributed by atoms with Crippen LogP contribution in [0.15, 0.2) is 146 Å². The summed E-state index contributed by atoms with van der Waals surface area (Å²) < 4.78 is 2.48. The van der Waals surface area contributed by atoms with Crippen LogP contribution in [-0.2, 0) is 0 Å². The van der Waals surface area contributed by atoms with Crippen LogP contribution in [0.2, 0.25) is 0 Å². The van der Waals surface area contributed by atoms with Gasteiger partial charge in [-0.2, -0.15) is 0 Å². The van der Waals surface area contributed by atoms with Gasteiger partial charge in [-0.3, -0.25) is 4.98 Å². The van der Waals surface area contributed by atoms with Crippen LogP contribution in [0.4, 0.5) is 0 Å². The number of hydrogen-bond donors (Lipinski definition) is 0. The van der Waals surface area contributed by atoms with Crippen molar-refractivity contribution >= 4 is 65.4 Å². The lowest BCUT2D eigenvalue weighted by molar-refractivity contribution is 1.06. The molecule has 0 radical (unpaired) electrons. The molecule has 0 aliphatic heterocycles. The third-order valence-corrected chi connectivity index (χ3v) is 9.07. The summed E-state index contributed by atoms with van der Waals surface area (Å²) >= 11 is 0. The molecule has 1 aliphatic rings. The summed E-state index contributed by atoms with van der Waals surface area (Å²) in [5, 5.41) is 8.70. The topological polar surface area (TPSA) is 17.8 Å². The van der Waals surface area contributed by atoms with Crippen molar-refractivity contribution in [1.29, 1.82) is 0 Å². The zero-order chi connectivity index (χ0) is 28.3. The number of allylic oxidation sites excluding steroid dienone is 4. The quantitative estimate of drug-likeness (QED) is 0.201. The average Bonchev–Trinajstić information content (AvgIpc) is 3.42. The summed E-state index contributed by atoms with van der Waals surface area (Å²) in [6.07, 6.45) is 8.77. The highest BCUT2D eigenvalue weighted by Crippen LogP contribution is 2.45. The van der Waals surface area contributed by atoms with E-state index in [0.29, 0.717) is 0 Å². The number of para-hydroxylation sites is 1. The number of benzene rings is 6. The molecule has 0 saturated carbocycles. The fourth-order valence-electron chi connectivity index (χ4n) is 7.26. The molecule has 2 heteroatoms. The Morgan fingerprint density at radius 3 is 2.00 bits per heavy atom. The molecule has 43 heavy (non-hydrogen) atoms. The molecule has 6 aromatic carbocycles. The zero-order valence-corrected chi connectivity index (χ0v) is 23.7. The van der Waals surface area contributed by atoms with Crippen molar-refractivity contribution in [3.63, 3.8) is 0 Å². The van der Waals surface area contributed by atoms with Gasteiger partial charge in [-0.1, -0.05) is 121 Å². The summed E-state index contributed by atoms with van der Waals surface area (Å²) in [6.45, 7) is 0. The van der Waals surface area contributed by atoms with Crippen LogP contribution in [0.3, 0.4) is 0 Å². The average molecular weight is 549 g/mol. The van der Waals surface area contributed by atoms with E-state index in [1.165, 1.54) is 71.3 Å². The van der Waals surface area contributed by atoms with Crippen molar-refractivity contribution in [1.82, 2.24) is 9.55 Å². The molecular formula is C41H28N2.